The molecule has 0 unspecified atom stereocenters. The van der Waals surface area contributed by atoms with Crippen molar-refractivity contribution in [1.29, 1.82) is 0 Å². The zero-order valence-corrected chi connectivity index (χ0v) is 19.0. The largest absolute Gasteiger partial charge is 0.497 e. The number of carbonyl (C=O) groups excluding carboxylic acids is 1. The van der Waals surface area contributed by atoms with Gasteiger partial charge in [-0.2, -0.15) is 5.10 Å². The number of ether oxygens (including phenoxy) is 2. The van der Waals surface area contributed by atoms with Gasteiger partial charge in [-0.25, -0.2) is 4.68 Å². The second-order valence-corrected chi connectivity index (χ2v) is 7.76. The summed E-state index contributed by atoms with van der Waals surface area (Å²) < 4.78 is 18.7. The number of carbonyl (C=O) groups is 1. The highest BCUT2D eigenvalue weighted by molar-refractivity contribution is 5.76. The van der Waals surface area contributed by atoms with Crippen molar-refractivity contribution < 1.29 is 18.7 Å². The Labute approximate surface area is 192 Å². The average Bonchev–Trinajstić information content (AvgIpc) is 3.44. The smallest absolute Gasteiger partial charge is 0.226 e. The Morgan fingerprint density at radius 3 is 2.64 bits per heavy atom. The quantitative estimate of drug-likeness (QED) is 0.386. The lowest BCUT2D eigenvalue weighted by Crippen LogP contribution is -2.22. The third-order valence-electron chi connectivity index (χ3n) is 5.28. The standard InChI is InChI=1S/C26H27N3O4/c1-18-7-4-8-20(15-18)29-26(33-22-10-5-9-21(16-22)31-3)24(19(2)28-29)12-13-25(30)27-17-23-11-6-14-32-23/h4-11,14-16H,12-13,17H2,1-3H3,(H,27,30). The summed E-state index contributed by atoms with van der Waals surface area (Å²) in [4.78, 5) is 12.5. The molecule has 2 aromatic heterocycles. The fraction of sp³-hybridized carbons (Fsp3) is 0.231. The van der Waals surface area contributed by atoms with E-state index in [9.17, 15) is 4.79 Å². The Morgan fingerprint density at radius 1 is 1.06 bits per heavy atom. The fourth-order valence-electron chi connectivity index (χ4n) is 3.57. The summed E-state index contributed by atoms with van der Waals surface area (Å²) in [5, 5.41) is 7.63. The van der Waals surface area contributed by atoms with E-state index in [1.807, 2.05) is 68.4 Å². The van der Waals surface area contributed by atoms with Crippen molar-refractivity contribution in [2.45, 2.75) is 33.2 Å². The van der Waals surface area contributed by atoms with E-state index in [1.54, 1.807) is 24.1 Å². The van der Waals surface area contributed by atoms with Gasteiger partial charge < -0.3 is 19.2 Å². The van der Waals surface area contributed by atoms with E-state index >= 15 is 0 Å². The highest BCUT2D eigenvalue weighted by Crippen LogP contribution is 2.33. The van der Waals surface area contributed by atoms with Crippen LogP contribution in [0.15, 0.2) is 71.3 Å². The topological polar surface area (TPSA) is 78.5 Å². The highest BCUT2D eigenvalue weighted by atomic mass is 16.5. The molecule has 0 atom stereocenters. The number of amides is 1. The number of nitrogens with one attached hydrogen (secondary N) is 1. The fourth-order valence-corrected chi connectivity index (χ4v) is 3.57. The van der Waals surface area contributed by atoms with Gasteiger partial charge in [0.05, 0.1) is 31.3 Å². The molecule has 7 nitrogen and oxygen atoms in total. The van der Waals surface area contributed by atoms with Gasteiger partial charge in [-0.05, 0) is 62.2 Å². The first-order chi connectivity index (χ1) is 16.0. The van der Waals surface area contributed by atoms with Crippen LogP contribution < -0.4 is 14.8 Å². The molecule has 7 heteroatoms. The first-order valence-corrected chi connectivity index (χ1v) is 10.8. The number of aryl methyl sites for hydroxylation is 2. The van der Waals surface area contributed by atoms with Crippen molar-refractivity contribution in [3.05, 3.63) is 89.5 Å². The Balaban J connectivity index is 1.60. The van der Waals surface area contributed by atoms with Crippen molar-refractivity contribution >= 4 is 5.91 Å². The van der Waals surface area contributed by atoms with Crippen LogP contribution in [-0.2, 0) is 17.8 Å². The summed E-state index contributed by atoms with van der Waals surface area (Å²) >= 11 is 0. The maximum atomic E-state index is 12.5. The van der Waals surface area contributed by atoms with Crippen molar-refractivity contribution in [2.24, 2.45) is 0 Å². The van der Waals surface area contributed by atoms with Gasteiger partial charge in [0.2, 0.25) is 11.8 Å². The molecule has 4 rings (SSSR count). The van der Waals surface area contributed by atoms with E-state index in [0.717, 1.165) is 22.5 Å². The molecule has 0 bridgehead atoms. The minimum absolute atomic E-state index is 0.0681. The van der Waals surface area contributed by atoms with Gasteiger partial charge in [-0.1, -0.05) is 18.2 Å². The number of furan rings is 1. The number of rotatable bonds is 9. The van der Waals surface area contributed by atoms with Gasteiger partial charge >= 0.3 is 0 Å². The summed E-state index contributed by atoms with van der Waals surface area (Å²) in [7, 11) is 1.62. The maximum absolute atomic E-state index is 12.5. The van der Waals surface area contributed by atoms with Crippen LogP contribution in [0.3, 0.4) is 0 Å². The van der Waals surface area contributed by atoms with Crippen LogP contribution in [0, 0.1) is 13.8 Å². The summed E-state index contributed by atoms with van der Waals surface area (Å²) in [6.07, 6.45) is 2.38. The van der Waals surface area contributed by atoms with E-state index in [-0.39, 0.29) is 5.91 Å². The molecular formula is C26H27N3O4. The normalized spacial score (nSPS) is 10.8. The molecule has 0 radical (unpaired) electrons. The number of nitrogens with zero attached hydrogens (tertiary/aromatic N) is 2. The number of hydrogen-bond donors (Lipinski definition) is 1. The molecule has 1 amide bonds. The van der Waals surface area contributed by atoms with Crippen LogP contribution >= 0.6 is 0 Å². The Kier molecular flexibility index (Phi) is 6.78. The van der Waals surface area contributed by atoms with Gasteiger partial charge in [0.15, 0.2) is 0 Å². The lowest BCUT2D eigenvalue weighted by molar-refractivity contribution is -0.121. The number of hydrogen-bond acceptors (Lipinski definition) is 5. The van der Waals surface area contributed by atoms with Crippen LogP contribution in [0.1, 0.15) is 29.0 Å². The molecule has 0 aliphatic carbocycles. The van der Waals surface area contributed by atoms with Gasteiger partial charge in [-0.3, -0.25) is 4.79 Å². The predicted molar refractivity (Wildman–Crippen MR) is 125 cm³/mol. The highest BCUT2D eigenvalue weighted by Gasteiger charge is 2.20. The molecule has 0 aliphatic heterocycles. The zero-order chi connectivity index (χ0) is 23.2. The van der Waals surface area contributed by atoms with E-state index in [1.165, 1.54) is 0 Å². The van der Waals surface area contributed by atoms with Gasteiger partial charge in [0.1, 0.15) is 17.3 Å². The molecule has 33 heavy (non-hydrogen) atoms. The number of benzene rings is 2. The molecular weight excluding hydrogens is 418 g/mol. The lowest BCUT2D eigenvalue weighted by atomic mass is 10.1. The van der Waals surface area contributed by atoms with Crippen molar-refractivity contribution in [2.75, 3.05) is 7.11 Å². The van der Waals surface area contributed by atoms with E-state index in [2.05, 4.69) is 5.32 Å². The number of aromatic nitrogens is 2. The van der Waals surface area contributed by atoms with Crippen molar-refractivity contribution in [3.8, 4) is 23.1 Å². The summed E-state index contributed by atoms with van der Waals surface area (Å²) in [5.74, 6) is 2.57. The van der Waals surface area contributed by atoms with Gasteiger partial charge in [-0.15, -0.1) is 0 Å². The molecule has 1 N–H and O–H groups in total. The first-order valence-electron chi connectivity index (χ1n) is 10.8. The second-order valence-electron chi connectivity index (χ2n) is 7.76. The Morgan fingerprint density at radius 2 is 1.88 bits per heavy atom. The van der Waals surface area contributed by atoms with Crippen LogP contribution in [0.5, 0.6) is 17.4 Å². The monoisotopic (exact) mass is 445 g/mol. The molecule has 2 heterocycles. The van der Waals surface area contributed by atoms with E-state index in [4.69, 9.17) is 19.0 Å². The van der Waals surface area contributed by atoms with Crippen LogP contribution in [0.2, 0.25) is 0 Å². The maximum Gasteiger partial charge on any atom is 0.226 e. The van der Waals surface area contributed by atoms with Crippen molar-refractivity contribution in [3.63, 3.8) is 0 Å². The van der Waals surface area contributed by atoms with E-state index < -0.39 is 0 Å². The lowest BCUT2D eigenvalue weighted by Gasteiger charge is -2.12. The second kappa shape index (κ2) is 10.1. The van der Waals surface area contributed by atoms with Gasteiger partial charge in [0.25, 0.3) is 0 Å². The molecule has 0 aliphatic rings. The molecule has 170 valence electrons. The van der Waals surface area contributed by atoms with Crippen LogP contribution in [0.25, 0.3) is 5.69 Å². The SMILES string of the molecule is COc1cccc(Oc2c(CCC(=O)NCc3ccco3)c(C)nn2-c2cccc(C)c2)c1. The third kappa shape index (κ3) is 5.44. The molecule has 0 fully saturated rings. The number of methoxy groups -OCH3 is 1. The van der Waals surface area contributed by atoms with Gasteiger partial charge in [0, 0.05) is 18.1 Å². The molecule has 0 spiro atoms. The molecule has 4 aromatic rings. The van der Waals surface area contributed by atoms with Crippen LogP contribution in [0.4, 0.5) is 0 Å². The summed E-state index contributed by atoms with van der Waals surface area (Å²) in [5.41, 5.74) is 3.71. The third-order valence-corrected chi connectivity index (χ3v) is 5.28. The first kappa shape index (κ1) is 22.2. The van der Waals surface area contributed by atoms with Crippen molar-refractivity contribution in [1.82, 2.24) is 15.1 Å². The Hall–Kier alpha value is -4.00. The summed E-state index contributed by atoms with van der Waals surface area (Å²) in [6, 6.07) is 19.1. The molecule has 2 aromatic carbocycles. The molecule has 0 saturated heterocycles. The summed E-state index contributed by atoms with van der Waals surface area (Å²) in [6.45, 7) is 4.33. The molecule has 0 saturated carbocycles. The predicted octanol–water partition coefficient (Wildman–Crippen LogP) is 5.13. The Bertz CT molecular complexity index is 1230. The average molecular weight is 446 g/mol. The minimum Gasteiger partial charge on any atom is -0.497 e. The van der Waals surface area contributed by atoms with Crippen LogP contribution in [-0.4, -0.2) is 22.8 Å². The van der Waals surface area contributed by atoms with E-state index in [0.29, 0.717) is 42.5 Å². The minimum atomic E-state index is -0.0681. The zero-order valence-electron chi connectivity index (χ0n) is 19.0.